The van der Waals surface area contributed by atoms with Crippen LogP contribution in [0.25, 0.3) is 0 Å². The molecule has 0 N–H and O–H groups in total. The van der Waals surface area contributed by atoms with Crippen LogP contribution in [0.3, 0.4) is 0 Å². The number of likely N-dealkylation sites (N-methyl/N-ethyl adjacent to an activating group) is 1. The van der Waals surface area contributed by atoms with E-state index in [4.69, 9.17) is 4.74 Å². The predicted octanol–water partition coefficient (Wildman–Crippen LogP) is 3.33. The van der Waals surface area contributed by atoms with Crippen molar-refractivity contribution in [3.05, 3.63) is 53.6 Å². The first-order valence-electron chi connectivity index (χ1n) is 8.59. The van der Waals surface area contributed by atoms with Crippen molar-refractivity contribution in [2.75, 3.05) is 40.3 Å². The summed E-state index contributed by atoms with van der Waals surface area (Å²) < 4.78 is 5.61. The zero-order chi connectivity index (χ0) is 17.4. The summed E-state index contributed by atoms with van der Waals surface area (Å²) in [7, 11) is 3.83. The van der Waals surface area contributed by atoms with E-state index in [-0.39, 0.29) is 11.8 Å². The first kappa shape index (κ1) is 16.6. The highest BCUT2D eigenvalue weighted by atomic mass is 32.2. The van der Waals surface area contributed by atoms with Gasteiger partial charge in [-0.2, -0.15) is 0 Å². The lowest BCUT2D eigenvalue weighted by atomic mass is 9.95. The summed E-state index contributed by atoms with van der Waals surface area (Å²) in [5.41, 5.74) is 1.88. The zero-order valence-corrected chi connectivity index (χ0v) is 15.4. The van der Waals surface area contributed by atoms with Crippen molar-refractivity contribution in [3.8, 4) is 5.75 Å². The van der Waals surface area contributed by atoms with Crippen molar-refractivity contribution in [1.82, 2.24) is 9.80 Å². The Morgan fingerprint density at radius 2 is 1.80 bits per heavy atom. The normalized spacial score (nSPS) is 21.4. The van der Waals surface area contributed by atoms with Crippen LogP contribution in [0, 0.1) is 0 Å². The van der Waals surface area contributed by atoms with Gasteiger partial charge >= 0.3 is 0 Å². The fraction of sp³-hybridized carbons (Fsp3) is 0.350. The van der Waals surface area contributed by atoms with E-state index in [1.54, 1.807) is 18.9 Å². The molecule has 2 aliphatic heterocycles. The fourth-order valence-corrected chi connectivity index (χ4v) is 4.81. The number of methoxy groups -OCH3 is 1. The number of nitrogens with zero attached hydrogens (tertiary/aromatic N) is 2. The molecule has 0 saturated carbocycles. The lowest BCUT2D eigenvalue weighted by Crippen LogP contribution is -2.47. The van der Waals surface area contributed by atoms with Crippen molar-refractivity contribution < 1.29 is 9.53 Å². The second-order valence-corrected chi connectivity index (χ2v) is 7.64. The van der Waals surface area contributed by atoms with E-state index in [0.717, 1.165) is 52.8 Å². The Bertz CT molecular complexity index is 800. The Morgan fingerprint density at radius 1 is 1.04 bits per heavy atom. The molecule has 0 amide bonds. The second-order valence-electron chi connectivity index (χ2n) is 6.58. The predicted molar refractivity (Wildman–Crippen MR) is 99.7 cm³/mol. The number of hydrogen-bond acceptors (Lipinski definition) is 5. The van der Waals surface area contributed by atoms with Gasteiger partial charge in [0.1, 0.15) is 11.8 Å². The molecule has 0 aromatic heterocycles. The van der Waals surface area contributed by atoms with Crippen molar-refractivity contribution >= 4 is 17.5 Å². The van der Waals surface area contributed by atoms with E-state index in [9.17, 15) is 4.79 Å². The van der Waals surface area contributed by atoms with E-state index in [2.05, 4.69) is 22.9 Å². The van der Waals surface area contributed by atoms with Crippen LogP contribution in [0.15, 0.2) is 52.3 Å². The molecule has 0 bridgehead atoms. The third-order valence-corrected chi connectivity index (χ3v) is 6.26. The first-order chi connectivity index (χ1) is 12.2. The van der Waals surface area contributed by atoms with Gasteiger partial charge in [0, 0.05) is 36.6 Å². The molecule has 1 saturated heterocycles. The van der Waals surface area contributed by atoms with Crippen LogP contribution >= 0.6 is 11.8 Å². The lowest BCUT2D eigenvalue weighted by Gasteiger charge is -2.37. The Balaban J connectivity index is 1.86. The number of hydrogen-bond donors (Lipinski definition) is 0. The maximum atomic E-state index is 13.5. The van der Waals surface area contributed by atoms with Gasteiger partial charge in [-0.3, -0.25) is 9.69 Å². The molecule has 1 fully saturated rings. The van der Waals surface area contributed by atoms with E-state index in [1.807, 2.05) is 36.4 Å². The minimum absolute atomic E-state index is 0.194. The maximum Gasteiger partial charge on any atom is 0.185 e. The van der Waals surface area contributed by atoms with Crippen molar-refractivity contribution in [2.24, 2.45) is 0 Å². The summed E-state index contributed by atoms with van der Waals surface area (Å²) in [5, 5.41) is 0. The molecule has 4 nitrogen and oxygen atoms in total. The number of ketones is 1. The van der Waals surface area contributed by atoms with Crippen molar-refractivity contribution in [1.29, 1.82) is 0 Å². The third-order valence-electron chi connectivity index (χ3n) is 5.04. The highest BCUT2D eigenvalue weighted by Gasteiger charge is 2.36. The number of carbonyl (C=O) groups excluding carboxylic acids is 1. The summed E-state index contributed by atoms with van der Waals surface area (Å²) in [4.78, 5) is 20.2. The molecule has 2 heterocycles. The van der Waals surface area contributed by atoms with Crippen LogP contribution < -0.4 is 4.74 Å². The minimum atomic E-state index is -0.241. The van der Waals surface area contributed by atoms with Crippen LogP contribution in [0.5, 0.6) is 5.75 Å². The number of carbonyl (C=O) groups is 1. The van der Waals surface area contributed by atoms with Gasteiger partial charge in [-0.1, -0.05) is 42.1 Å². The van der Waals surface area contributed by atoms with Gasteiger partial charge in [-0.05, 0) is 24.7 Å². The van der Waals surface area contributed by atoms with Crippen LogP contribution in [-0.4, -0.2) is 55.9 Å². The average Bonchev–Trinajstić information content (AvgIpc) is 2.77. The minimum Gasteiger partial charge on any atom is -0.496 e. The highest BCUT2D eigenvalue weighted by molar-refractivity contribution is 7.99. The third kappa shape index (κ3) is 2.97. The summed E-state index contributed by atoms with van der Waals surface area (Å²) >= 11 is 1.64. The van der Waals surface area contributed by atoms with Gasteiger partial charge in [0.15, 0.2) is 5.78 Å². The number of fused-ring (bicyclic) bond motifs is 2. The molecule has 1 atom stereocenters. The van der Waals surface area contributed by atoms with Gasteiger partial charge in [-0.25, -0.2) is 0 Å². The summed E-state index contributed by atoms with van der Waals surface area (Å²) in [6, 6.07) is 13.7. The molecule has 0 spiro atoms. The first-order valence-corrected chi connectivity index (χ1v) is 9.41. The second kappa shape index (κ2) is 6.83. The number of Topliss-reactive ketones (excluding diaryl/α,β-unsaturated/α-hetero) is 1. The molecule has 2 aromatic rings. The van der Waals surface area contributed by atoms with E-state index >= 15 is 0 Å². The van der Waals surface area contributed by atoms with Crippen LogP contribution in [-0.2, 0) is 0 Å². The molecule has 2 aromatic carbocycles. The number of rotatable bonds is 2. The topological polar surface area (TPSA) is 32.8 Å². The SMILES string of the molecule is COc1cccc2c1Sc1ccccc1C(=O)C2N1CCN(C)CC1. The molecule has 130 valence electrons. The molecule has 4 rings (SSSR count). The molecule has 5 heteroatoms. The fourth-order valence-electron chi connectivity index (χ4n) is 3.62. The molecule has 2 aliphatic rings. The Labute approximate surface area is 152 Å². The van der Waals surface area contributed by atoms with Gasteiger partial charge in [0.2, 0.25) is 0 Å². The lowest BCUT2D eigenvalue weighted by molar-refractivity contribution is 0.0698. The quantitative estimate of drug-likeness (QED) is 0.826. The Kier molecular flexibility index (Phi) is 4.54. The van der Waals surface area contributed by atoms with Crippen molar-refractivity contribution in [3.63, 3.8) is 0 Å². The smallest absolute Gasteiger partial charge is 0.185 e. The highest BCUT2D eigenvalue weighted by Crippen LogP contribution is 2.46. The number of ether oxygens (including phenoxy) is 1. The number of benzene rings is 2. The van der Waals surface area contributed by atoms with E-state index < -0.39 is 0 Å². The van der Waals surface area contributed by atoms with E-state index in [1.165, 1.54) is 0 Å². The monoisotopic (exact) mass is 354 g/mol. The standard InChI is InChI=1S/C20H22N2O2S/c1-21-10-12-22(13-11-21)18-15-7-5-8-16(24-2)20(15)25-17-9-4-3-6-14(17)19(18)23/h3-9,18H,10-13H2,1-2H3. The van der Waals surface area contributed by atoms with Crippen molar-refractivity contribution in [2.45, 2.75) is 15.8 Å². The molecule has 0 aliphatic carbocycles. The maximum absolute atomic E-state index is 13.5. The zero-order valence-electron chi connectivity index (χ0n) is 14.6. The Hall–Kier alpha value is -1.82. The number of piperazine rings is 1. The molecular formula is C20H22N2O2S. The molecule has 0 radical (unpaired) electrons. The Morgan fingerprint density at radius 3 is 2.56 bits per heavy atom. The molecule has 25 heavy (non-hydrogen) atoms. The summed E-state index contributed by atoms with van der Waals surface area (Å²) in [6.45, 7) is 3.77. The average molecular weight is 354 g/mol. The van der Waals surface area contributed by atoms with Crippen LogP contribution in [0.2, 0.25) is 0 Å². The van der Waals surface area contributed by atoms with Crippen LogP contribution in [0.1, 0.15) is 22.0 Å². The van der Waals surface area contributed by atoms with Gasteiger partial charge in [0.25, 0.3) is 0 Å². The van der Waals surface area contributed by atoms with Gasteiger partial charge in [-0.15, -0.1) is 0 Å². The van der Waals surface area contributed by atoms with Gasteiger partial charge < -0.3 is 9.64 Å². The molecular weight excluding hydrogens is 332 g/mol. The van der Waals surface area contributed by atoms with E-state index in [0.29, 0.717) is 0 Å². The van der Waals surface area contributed by atoms with Gasteiger partial charge in [0.05, 0.1) is 12.0 Å². The summed E-state index contributed by atoms with van der Waals surface area (Å²) in [5.74, 6) is 1.03. The largest absolute Gasteiger partial charge is 0.496 e. The molecule has 1 unspecified atom stereocenters. The van der Waals surface area contributed by atoms with Crippen LogP contribution in [0.4, 0.5) is 0 Å². The summed E-state index contributed by atoms with van der Waals surface area (Å²) in [6.07, 6.45) is 0.